The third-order valence-electron chi connectivity index (χ3n) is 5.14. The number of anilines is 1. The Morgan fingerprint density at radius 2 is 1.90 bits per heavy atom. The van der Waals surface area contributed by atoms with Gasteiger partial charge in [-0.05, 0) is 69.1 Å². The number of aryl methyl sites for hydroxylation is 1. The van der Waals surface area contributed by atoms with Crippen LogP contribution >= 0.6 is 0 Å². The number of hydrogen-bond donors (Lipinski definition) is 1. The average molecular weight is 288 g/mol. The molecule has 1 fully saturated rings. The highest BCUT2D eigenvalue weighted by Crippen LogP contribution is 2.32. The van der Waals surface area contributed by atoms with Crippen molar-refractivity contribution in [2.24, 2.45) is 11.7 Å². The van der Waals surface area contributed by atoms with E-state index in [1.807, 2.05) is 0 Å². The first kappa shape index (κ1) is 16.4. The van der Waals surface area contributed by atoms with Gasteiger partial charge in [0.25, 0.3) is 0 Å². The molecule has 0 saturated heterocycles. The molecule has 2 heteroatoms. The van der Waals surface area contributed by atoms with Crippen LogP contribution in [0.3, 0.4) is 0 Å². The average Bonchev–Trinajstić information content (AvgIpc) is 2.46. The molecule has 2 rings (SSSR count). The van der Waals surface area contributed by atoms with E-state index in [2.05, 4.69) is 50.9 Å². The molecule has 1 unspecified atom stereocenters. The number of hydrogen-bond acceptors (Lipinski definition) is 2. The molecule has 1 aliphatic carbocycles. The van der Waals surface area contributed by atoms with Crippen molar-refractivity contribution in [2.75, 3.05) is 11.9 Å². The van der Waals surface area contributed by atoms with Gasteiger partial charge in [0, 0.05) is 24.8 Å². The fraction of sp³-hybridized carbons (Fsp3) is 0.684. The van der Waals surface area contributed by atoms with Gasteiger partial charge in [-0.3, -0.25) is 0 Å². The zero-order chi connectivity index (χ0) is 15.4. The van der Waals surface area contributed by atoms with Crippen molar-refractivity contribution < 1.29 is 0 Å². The highest BCUT2D eigenvalue weighted by molar-refractivity contribution is 5.54. The highest BCUT2D eigenvalue weighted by Gasteiger charge is 2.23. The molecule has 0 heterocycles. The second-order valence-corrected chi connectivity index (χ2v) is 7.00. The van der Waals surface area contributed by atoms with E-state index in [0.717, 1.165) is 12.3 Å². The molecule has 1 aliphatic rings. The second kappa shape index (κ2) is 7.31. The van der Waals surface area contributed by atoms with Gasteiger partial charge in [-0.25, -0.2) is 0 Å². The molecule has 1 atom stereocenters. The van der Waals surface area contributed by atoms with Crippen molar-refractivity contribution in [3.63, 3.8) is 0 Å². The van der Waals surface area contributed by atoms with Crippen molar-refractivity contribution in [1.82, 2.24) is 0 Å². The van der Waals surface area contributed by atoms with Crippen LogP contribution in [0.25, 0.3) is 0 Å². The van der Waals surface area contributed by atoms with Gasteiger partial charge in [0.2, 0.25) is 0 Å². The van der Waals surface area contributed by atoms with Crippen LogP contribution in [0.5, 0.6) is 0 Å². The Hall–Kier alpha value is -1.02. The van der Waals surface area contributed by atoms with Gasteiger partial charge in [0.15, 0.2) is 0 Å². The first-order valence-electron chi connectivity index (χ1n) is 8.59. The summed E-state index contributed by atoms with van der Waals surface area (Å²) in [4.78, 5) is 2.51. The van der Waals surface area contributed by atoms with Gasteiger partial charge in [-0.15, -0.1) is 0 Å². The maximum Gasteiger partial charge on any atom is 0.0396 e. The molecule has 0 amide bonds. The Bertz CT molecular complexity index is 445. The Morgan fingerprint density at radius 1 is 1.24 bits per heavy atom. The van der Waals surface area contributed by atoms with Crippen LogP contribution in [0.1, 0.15) is 57.1 Å². The van der Waals surface area contributed by atoms with Crippen molar-refractivity contribution in [2.45, 2.75) is 71.4 Å². The third-order valence-corrected chi connectivity index (χ3v) is 5.14. The lowest BCUT2D eigenvalue weighted by Gasteiger charge is -2.36. The van der Waals surface area contributed by atoms with Gasteiger partial charge >= 0.3 is 0 Å². The Morgan fingerprint density at radius 3 is 2.43 bits per heavy atom. The van der Waals surface area contributed by atoms with Crippen molar-refractivity contribution in [3.8, 4) is 0 Å². The van der Waals surface area contributed by atoms with E-state index in [0.29, 0.717) is 6.04 Å². The SMILES string of the molecule is CCC1CCC(N(C)c2ccc(CC(C)N)cc2C)CC1. The normalized spacial score (nSPS) is 23.9. The summed E-state index contributed by atoms with van der Waals surface area (Å²) >= 11 is 0. The molecular formula is C19H32N2. The Balaban J connectivity index is 2.04. The molecule has 2 N–H and O–H groups in total. The number of nitrogens with zero attached hydrogens (tertiary/aromatic N) is 1. The zero-order valence-electron chi connectivity index (χ0n) is 14.2. The summed E-state index contributed by atoms with van der Waals surface area (Å²) in [6.45, 7) is 6.63. The van der Waals surface area contributed by atoms with Crippen LogP contribution in [0.15, 0.2) is 18.2 Å². The summed E-state index contributed by atoms with van der Waals surface area (Å²) in [5.41, 5.74) is 10.0. The van der Waals surface area contributed by atoms with Gasteiger partial charge < -0.3 is 10.6 Å². The van der Waals surface area contributed by atoms with E-state index < -0.39 is 0 Å². The molecule has 2 nitrogen and oxygen atoms in total. The highest BCUT2D eigenvalue weighted by atomic mass is 15.1. The van der Waals surface area contributed by atoms with Gasteiger partial charge in [0.1, 0.15) is 0 Å². The minimum Gasteiger partial charge on any atom is -0.371 e. The van der Waals surface area contributed by atoms with Crippen molar-refractivity contribution >= 4 is 5.69 Å². The minimum absolute atomic E-state index is 0.234. The van der Waals surface area contributed by atoms with Crippen LogP contribution in [-0.2, 0) is 6.42 Å². The molecular weight excluding hydrogens is 256 g/mol. The standard InChI is InChI=1S/C19H32N2/c1-5-16-6-9-18(10-7-16)21(4)19-11-8-17(12-14(19)2)13-15(3)20/h8,11-12,15-16,18H,5-7,9-10,13,20H2,1-4H3. The van der Waals surface area contributed by atoms with Crippen LogP contribution in [0.2, 0.25) is 0 Å². The van der Waals surface area contributed by atoms with E-state index in [-0.39, 0.29) is 6.04 Å². The molecule has 1 aromatic carbocycles. The first-order valence-corrected chi connectivity index (χ1v) is 8.59. The molecule has 0 bridgehead atoms. The summed E-state index contributed by atoms with van der Waals surface area (Å²) in [7, 11) is 2.27. The first-order chi connectivity index (χ1) is 10.0. The van der Waals surface area contributed by atoms with Gasteiger partial charge in [0.05, 0.1) is 0 Å². The van der Waals surface area contributed by atoms with Crippen LogP contribution < -0.4 is 10.6 Å². The molecule has 1 aromatic rings. The van der Waals surface area contributed by atoms with E-state index >= 15 is 0 Å². The smallest absolute Gasteiger partial charge is 0.0396 e. The fourth-order valence-corrected chi connectivity index (χ4v) is 3.75. The summed E-state index contributed by atoms with van der Waals surface area (Å²) < 4.78 is 0. The lowest BCUT2D eigenvalue weighted by Crippen LogP contribution is -2.35. The summed E-state index contributed by atoms with van der Waals surface area (Å²) in [6, 6.07) is 7.80. The van der Waals surface area contributed by atoms with Crippen molar-refractivity contribution in [1.29, 1.82) is 0 Å². The van der Waals surface area contributed by atoms with E-state index in [1.165, 1.54) is 48.9 Å². The van der Waals surface area contributed by atoms with E-state index in [1.54, 1.807) is 0 Å². The Kier molecular flexibility index (Phi) is 5.69. The maximum atomic E-state index is 5.91. The van der Waals surface area contributed by atoms with E-state index in [4.69, 9.17) is 5.73 Å². The molecule has 0 radical (unpaired) electrons. The molecule has 1 saturated carbocycles. The number of benzene rings is 1. The fourth-order valence-electron chi connectivity index (χ4n) is 3.75. The van der Waals surface area contributed by atoms with Crippen molar-refractivity contribution in [3.05, 3.63) is 29.3 Å². The predicted molar refractivity (Wildman–Crippen MR) is 93.0 cm³/mol. The minimum atomic E-state index is 0.234. The molecule has 118 valence electrons. The van der Waals surface area contributed by atoms with Gasteiger partial charge in [-0.2, -0.15) is 0 Å². The summed E-state index contributed by atoms with van der Waals surface area (Å²) in [5, 5.41) is 0. The molecule has 0 aromatic heterocycles. The number of nitrogens with two attached hydrogens (primary N) is 1. The summed E-state index contributed by atoms with van der Waals surface area (Å²) in [6.07, 6.45) is 7.79. The van der Waals surface area contributed by atoms with Gasteiger partial charge in [-0.1, -0.05) is 25.5 Å². The number of rotatable bonds is 5. The third kappa shape index (κ3) is 4.23. The largest absolute Gasteiger partial charge is 0.371 e. The summed E-state index contributed by atoms with van der Waals surface area (Å²) in [5.74, 6) is 0.962. The topological polar surface area (TPSA) is 29.3 Å². The quantitative estimate of drug-likeness (QED) is 0.875. The second-order valence-electron chi connectivity index (χ2n) is 7.00. The van der Waals surface area contributed by atoms with Crippen LogP contribution in [0, 0.1) is 12.8 Å². The monoisotopic (exact) mass is 288 g/mol. The van der Waals surface area contributed by atoms with Crippen LogP contribution in [0.4, 0.5) is 5.69 Å². The van der Waals surface area contributed by atoms with E-state index in [9.17, 15) is 0 Å². The maximum absolute atomic E-state index is 5.91. The molecule has 0 aliphatic heterocycles. The molecule has 0 spiro atoms. The predicted octanol–water partition coefficient (Wildman–Crippen LogP) is 4.29. The lowest BCUT2D eigenvalue weighted by molar-refractivity contribution is 0.313. The lowest BCUT2D eigenvalue weighted by atomic mass is 9.84. The van der Waals surface area contributed by atoms with Crippen LogP contribution in [-0.4, -0.2) is 19.1 Å². The molecule has 21 heavy (non-hydrogen) atoms. The Labute approximate surface area is 130 Å². The zero-order valence-corrected chi connectivity index (χ0v) is 14.2.